The number of carbonyl (C=O) groups excluding carboxylic acids is 1. The zero-order chi connectivity index (χ0) is 16.9. The van der Waals surface area contributed by atoms with E-state index in [1.165, 1.54) is 31.0 Å². The third-order valence-corrected chi connectivity index (χ3v) is 6.60. The molecule has 1 N–H and O–H groups in total. The number of thioether (sulfide) groups is 1. The van der Waals surface area contributed by atoms with E-state index in [1.807, 2.05) is 25.1 Å². The number of hydrogen-bond acceptors (Lipinski definition) is 5. The first-order valence-electron chi connectivity index (χ1n) is 8.61. The van der Waals surface area contributed by atoms with Crippen LogP contribution >= 0.6 is 23.1 Å². The molecule has 130 valence electrons. The van der Waals surface area contributed by atoms with Crippen LogP contribution in [0.4, 0.5) is 0 Å². The Hall–Kier alpha value is -1.27. The van der Waals surface area contributed by atoms with Crippen LogP contribution in [0.3, 0.4) is 0 Å². The second kappa shape index (κ2) is 8.21. The standard InChI is InChI=1S/C18H24N2O2S2/c1-3-22-13-8-9-15-16(10-13)24-18(20-15)23-11-17(21)19-14-7-5-4-6-12(14)2/h8-10,12,14H,3-7,11H2,1-2H3,(H,19,21)/t12-,14+/m0/s1. The topological polar surface area (TPSA) is 51.2 Å². The van der Waals surface area contributed by atoms with Crippen LogP contribution < -0.4 is 10.1 Å². The highest BCUT2D eigenvalue weighted by atomic mass is 32.2. The lowest BCUT2D eigenvalue weighted by atomic mass is 9.86. The summed E-state index contributed by atoms with van der Waals surface area (Å²) in [4.78, 5) is 16.8. The highest BCUT2D eigenvalue weighted by Gasteiger charge is 2.22. The van der Waals surface area contributed by atoms with Crippen LogP contribution in [0.1, 0.15) is 39.5 Å². The van der Waals surface area contributed by atoms with E-state index in [0.717, 1.165) is 26.7 Å². The molecule has 1 saturated carbocycles. The van der Waals surface area contributed by atoms with Gasteiger partial charge in [-0.1, -0.05) is 31.5 Å². The zero-order valence-electron chi connectivity index (χ0n) is 14.2. The Balaban J connectivity index is 1.55. The maximum Gasteiger partial charge on any atom is 0.230 e. The normalized spacial score (nSPS) is 20.9. The van der Waals surface area contributed by atoms with Crippen molar-refractivity contribution in [2.24, 2.45) is 5.92 Å². The van der Waals surface area contributed by atoms with Crippen LogP contribution in [-0.4, -0.2) is 29.3 Å². The number of amides is 1. The molecule has 1 aromatic carbocycles. The van der Waals surface area contributed by atoms with Gasteiger partial charge in [-0.2, -0.15) is 0 Å². The summed E-state index contributed by atoms with van der Waals surface area (Å²) in [5.74, 6) is 2.01. The van der Waals surface area contributed by atoms with Gasteiger partial charge in [-0.05, 0) is 43.9 Å². The molecule has 24 heavy (non-hydrogen) atoms. The number of thiazole rings is 1. The van der Waals surface area contributed by atoms with Crippen LogP contribution in [0.2, 0.25) is 0 Å². The van der Waals surface area contributed by atoms with E-state index < -0.39 is 0 Å². The van der Waals surface area contributed by atoms with E-state index in [9.17, 15) is 4.79 Å². The Bertz CT molecular complexity index is 701. The van der Waals surface area contributed by atoms with E-state index in [2.05, 4.69) is 17.2 Å². The van der Waals surface area contributed by atoms with E-state index in [0.29, 0.717) is 24.3 Å². The molecule has 1 amide bonds. The van der Waals surface area contributed by atoms with Gasteiger partial charge in [0.2, 0.25) is 5.91 Å². The first-order valence-corrected chi connectivity index (χ1v) is 10.4. The van der Waals surface area contributed by atoms with E-state index in [-0.39, 0.29) is 5.91 Å². The van der Waals surface area contributed by atoms with Crippen LogP contribution in [0, 0.1) is 5.92 Å². The molecule has 1 aliphatic rings. The monoisotopic (exact) mass is 364 g/mol. The number of ether oxygens (including phenoxy) is 1. The van der Waals surface area contributed by atoms with Gasteiger partial charge in [0.15, 0.2) is 4.34 Å². The molecule has 1 aliphatic carbocycles. The van der Waals surface area contributed by atoms with Crippen molar-refractivity contribution < 1.29 is 9.53 Å². The Morgan fingerprint density at radius 2 is 2.25 bits per heavy atom. The minimum Gasteiger partial charge on any atom is -0.494 e. The first-order chi connectivity index (χ1) is 11.7. The quantitative estimate of drug-likeness (QED) is 0.768. The average molecular weight is 365 g/mol. The number of fused-ring (bicyclic) bond motifs is 1. The summed E-state index contributed by atoms with van der Waals surface area (Å²) < 4.78 is 7.56. The number of rotatable bonds is 6. The molecule has 0 bridgehead atoms. The molecule has 1 fully saturated rings. The average Bonchev–Trinajstić information content (AvgIpc) is 2.98. The third kappa shape index (κ3) is 4.42. The molecule has 6 heteroatoms. The fourth-order valence-corrected chi connectivity index (χ4v) is 5.02. The molecule has 0 unspecified atom stereocenters. The number of nitrogens with one attached hydrogen (secondary N) is 1. The van der Waals surface area contributed by atoms with Crippen LogP contribution in [0.5, 0.6) is 5.75 Å². The minimum absolute atomic E-state index is 0.119. The predicted molar refractivity (Wildman–Crippen MR) is 101 cm³/mol. The van der Waals surface area contributed by atoms with Gasteiger partial charge in [0, 0.05) is 6.04 Å². The van der Waals surface area contributed by atoms with Gasteiger partial charge in [0.05, 0.1) is 22.6 Å². The summed E-state index contributed by atoms with van der Waals surface area (Å²) in [6.07, 6.45) is 4.84. The number of carbonyl (C=O) groups is 1. The van der Waals surface area contributed by atoms with Gasteiger partial charge in [0.25, 0.3) is 0 Å². The van der Waals surface area contributed by atoms with Crippen LogP contribution in [-0.2, 0) is 4.79 Å². The Morgan fingerprint density at radius 1 is 1.42 bits per heavy atom. The summed E-state index contributed by atoms with van der Waals surface area (Å²) in [6.45, 7) is 4.87. The Morgan fingerprint density at radius 3 is 3.04 bits per heavy atom. The lowest BCUT2D eigenvalue weighted by molar-refractivity contribution is -0.119. The highest BCUT2D eigenvalue weighted by molar-refractivity contribution is 8.01. The van der Waals surface area contributed by atoms with Gasteiger partial charge < -0.3 is 10.1 Å². The van der Waals surface area contributed by atoms with Crippen molar-refractivity contribution in [3.63, 3.8) is 0 Å². The van der Waals surface area contributed by atoms with Crippen molar-refractivity contribution in [2.75, 3.05) is 12.4 Å². The molecule has 2 aromatic rings. The van der Waals surface area contributed by atoms with E-state index in [1.54, 1.807) is 11.3 Å². The van der Waals surface area contributed by atoms with Crippen LogP contribution in [0.25, 0.3) is 10.2 Å². The molecule has 0 saturated heterocycles. The lowest BCUT2D eigenvalue weighted by Gasteiger charge is -2.29. The molecule has 0 radical (unpaired) electrons. The molecular weight excluding hydrogens is 340 g/mol. The largest absolute Gasteiger partial charge is 0.494 e. The van der Waals surface area contributed by atoms with Gasteiger partial charge >= 0.3 is 0 Å². The smallest absolute Gasteiger partial charge is 0.230 e. The van der Waals surface area contributed by atoms with Gasteiger partial charge in [-0.25, -0.2) is 4.98 Å². The maximum absolute atomic E-state index is 12.2. The Kier molecular flexibility index (Phi) is 6.00. The SMILES string of the molecule is CCOc1ccc2nc(SCC(=O)N[C@@H]3CCCC[C@@H]3C)sc2c1. The van der Waals surface area contributed by atoms with Crippen molar-refractivity contribution in [3.05, 3.63) is 18.2 Å². The summed E-state index contributed by atoms with van der Waals surface area (Å²) in [5.41, 5.74) is 0.965. The van der Waals surface area contributed by atoms with Crippen LogP contribution in [0.15, 0.2) is 22.5 Å². The molecule has 0 aliphatic heterocycles. The number of benzene rings is 1. The first kappa shape index (κ1) is 17.5. The molecular formula is C18H24N2O2S2. The number of hydrogen-bond donors (Lipinski definition) is 1. The third-order valence-electron chi connectivity index (χ3n) is 4.44. The highest BCUT2D eigenvalue weighted by Crippen LogP contribution is 2.32. The fraction of sp³-hybridized carbons (Fsp3) is 0.556. The second-order valence-corrected chi connectivity index (χ2v) is 8.52. The Labute approximate surface area is 151 Å². The molecule has 0 spiro atoms. The summed E-state index contributed by atoms with van der Waals surface area (Å²) >= 11 is 3.14. The fourth-order valence-electron chi connectivity index (χ4n) is 3.11. The van der Waals surface area contributed by atoms with Gasteiger partial charge in [-0.15, -0.1) is 11.3 Å². The predicted octanol–water partition coefficient (Wildman–Crippen LogP) is 4.48. The van der Waals surface area contributed by atoms with Crippen molar-refractivity contribution in [1.82, 2.24) is 10.3 Å². The molecule has 2 atom stereocenters. The number of aromatic nitrogens is 1. The van der Waals surface area contributed by atoms with E-state index >= 15 is 0 Å². The maximum atomic E-state index is 12.2. The van der Waals surface area contributed by atoms with Gasteiger partial charge in [-0.3, -0.25) is 4.79 Å². The molecule has 1 aromatic heterocycles. The van der Waals surface area contributed by atoms with Crippen molar-refractivity contribution in [2.45, 2.75) is 49.9 Å². The minimum atomic E-state index is 0.119. The molecule has 1 heterocycles. The van der Waals surface area contributed by atoms with Crippen molar-refractivity contribution in [3.8, 4) is 5.75 Å². The number of nitrogens with zero attached hydrogens (tertiary/aromatic N) is 1. The summed E-state index contributed by atoms with van der Waals surface area (Å²) in [5, 5.41) is 3.20. The van der Waals surface area contributed by atoms with Crippen molar-refractivity contribution >= 4 is 39.2 Å². The summed E-state index contributed by atoms with van der Waals surface area (Å²) in [6, 6.07) is 6.28. The van der Waals surface area contributed by atoms with Gasteiger partial charge in [0.1, 0.15) is 5.75 Å². The van der Waals surface area contributed by atoms with E-state index in [4.69, 9.17) is 4.74 Å². The molecule has 3 rings (SSSR count). The lowest BCUT2D eigenvalue weighted by Crippen LogP contribution is -2.41. The second-order valence-electron chi connectivity index (χ2n) is 6.27. The summed E-state index contributed by atoms with van der Waals surface area (Å²) in [7, 11) is 0. The molecule has 4 nitrogen and oxygen atoms in total. The van der Waals surface area contributed by atoms with Crippen molar-refractivity contribution in [1.29, 1.82) is 0 Å². The zero-order valence-corrected chi connectivity index (χ0v) is 15.8.